The number of ether oxygens (including phenoxy) is 4. The predicted octanol–water partition coefficient (Wildman–Crippen LogP) is 0.892. The van der Waals surface area contributed by atoms with Gasteiger partial charge >= 0.3 is 0 Å². The monoisotopic (exact) mass is 378 g/mol. The highest BCUT2D eigenvalue weighted by atomic mass is 16.6. The zero-order valence-corrected chi connectivity index (χ0v) is 15.7. The third kappa shape index (κ3) is 12.9. The van der Waals surface area contributed by atoms with Gasteiger partial charge in [0.2, 0.25) is 5.91 Å². The second-order valence-electron chi connectivity index (χ2n) is 5.67. The van der Waals surface area contributed by atoms with E-state index in [1.54, 1.807) is 0 Å². The lowest BCUT2D eigenvalue weighted by Crippen LogP contribution is -2.30. The zero-order chi connectivity index (χ0) is 19.6. The van der Waals surface area contributed by atoms with Crippen LogP contribution >= 0.6 is 0 Å². The minimum absolute atomic E-state index is 0.0884. The normalized spacial score (nSPS) is 11.7. The summed E-state index contributed by atoms with van der Waals surface area (Å²) in [6, 6.07) is 9.27. The van der Waals surface area contributed by atoms with Crippen LogP contribution in [0.5, 0.6) is 0 Å². The summed E-state index contributed by atoms with van der Waals surface area (Å²) in [5.41, 5.74) is 6.96. The Labute approximate surface area is 161 Å². The molecule has 0 bridgehead atoms. The van der Waals surface area contributed by atoms with E-state index in [0.29, 0.717) is 59.4 Å². The van der Waals surface area contributed by atoms with Crippen molar-refractivity contribution in [1.82, 2.24) is 5.32 Å². The van der Waals surface area contributed by atoms with Gasteiger partial charge in [0, 0.05) is 19.0 Å². The van der Waals surface area contributed by atoms with E-state index in [1.807, 2.05) is 30.3 Å². The molecule has 0 aliphatic carbocycles. The van der Waals surface area contributed by atoms with Crippen LogP contribution < -0.4 is 11.1 Å². The molecule has 0 saturated carbocycles. The van der Waals surface area contributed by atoms with Crippen LogP contribution in [0.3, 0.4) is 0 Å². The fourth-order valence-corrected chi connectivity index (χ4v) is 2.14. The van der Waals surface area contributed by atoms with Crippen LogP contribution in [0, 0.1) is 12.3 Å². The van der Waals surface area contributed by atoms with Crippen molar-refractivity contribution < 1.29 is 23.7 Å². The maximum atomic E-state index is 11.8. The van der Waals surface area contributed by atoms with Gasteiger partial charge in [-0.05, 0) is 5.56 Å². The highest BCUT2D eigenvalue weighted by Gasteiger charge is 2.10. The number of nitrogens with two attached hydrogens (primary N) is 1. The van der Waals surface area contributed by atoms with Gasteiger partial charge in [-0.15, -0.1) is 6.42 Å². The lowest BCUT2D eigenvalue weighted by molar-refractivity contribution is -0.121. The summed E-state index contributed by atoms with van der Waals surface area (Å²) in [7, 11) is 0. The molecule has 3 N–H and O–H groups in total. The third-order valence-corrected chi connectivity index (χ3v) is 3.50. The molecular formula is C20H30N2O5. The number of nitrogens with one attached hydrogen (secondary N) is 1. The molecule has 0 unspecified atom stereocenters. The van der Waals surface area contributed by atoms with E-state index >= 15 is 0 Å². The van der Waals surface area contributed by atoms with E-state index in [2.05, 4.69) is 11.2 Å². The average Bonchev–Trinajstić information content (AvgIpc) is 2.69. The summed E-state index contributed by atoms with van der Waals surface area (Å²) in [5, 5.41) is 2.79. The number of carbonyl (C=O) groups excluding carboxylic acids is 1. The molecule has 0 heterocycles. The number of hydrogen-bond donors (Lipinski definition) is 2. The Hall–Kier alpha value is -1.95. The van der Waals surface area contributed by atoms with Gasteiger partial charge < -0.3 is 30.0 Å². The first kappa shape index (κ1) is 23.1. The molecule has 1 rings (SSSR count). The van der Waals surface area contributed by atoms with Crippen molar-refractivity contribution in [2.75, 3.05) is 59.4 Å². The molecule has 1 aromatic rings. The predicted molar refractivity (Wildman–Crippen MR) is 103 cm³/mol. The van der Waals surface area contributed by atoms with Crippen molar-refractivity contribution >= 4 is 5.91 Å². The number of hydrogen-bond acceptors (Lipinski definition) is 6. The number of rotatable bonds is 16. The van der Waals surface area contributed by atoms with E-state index < -0.39 is 0 Å². The summed E-state index contributed by atoms with van der Waals surface area (Å²) in [6.45, 7) is 4.08. The summed E-state index contributed by atoms with van der Waals surface area (Å²) in [5.74, 6) is 2.29. The van der Waals surface area contributed by atoms with Gasteiger partial charge in [-0.25, -0.2) is 0 Å². The van der Waals surface area contributed by atoms with Crippen LogP contribution in [0.1, 0.15) is 18.0 Å². The highest BCUT2D eigenvalue weighted by molar-refractivity contribution is 5.76. The summed E-state index contributed by atoms with van der Waals surface area (Å²) >= 11 is 0. The van der Waals surface area contributed by atoms with Gasteiger partial charge in [0.15, 0.2) is 0 Å². The zero-order valence-electron chi connectivity index (χ0n) is 15.7. The molecule has 0 aliphatic heterocycles. The molecule has 1 atom stereocenters. The van der Waals surface area contributed by atoms with Crippen LogP contribution in [0.25, 0.3) is 0 Å². The Bertz CT molecular complexity index is 533. The molecule has 0 aliphatic rings. The van der Waals surface area contributed by atoms with Gasteiger partial charge in [0.25, 0.3) is 0 Å². The van der Waals surface area contributed by atoms with Crippen LogP contribution in [0.4, 0.5) is 0 Å². The smallest absolute Gasteiger partial charge is 0.221 e. The first-order valence-corrected chi connectivity index (χ1v) is 9.05. The largest absolute Gasteiger partial charge is 0.377 e. The number of terminal acetylenes is 1. The molecule has 0 spiro atoms. The lowest BCUT2D eigenvalue weighted by atomic mass is 10.0. The van der Waals surface area contributed by atoms with E-state index in [4.69, 9.17) is 31.1 Å². The molecule has 1 amide bonds. The topological polar surface area (TPSA) is 92.0 Å². The Morgan fingerprint density at radius 1 is 0.963 bits per heavy atom. The SMILES string of the molecule is C#CCOCCOCCOCCOCCNC(=O)C[C@@H](N)c1ccccc1. The molecule has 150 valence electrons. The van der Waals surface area contributed by atoms with Gasteiger partial charge in [-0.2, -0.15) is 0 Å². The Balaban J connectivity index is 1.86. The van der Waals surface area contributed by atoms with E-state index in [1.165, 1.54) is 0 Å². The Morgan fingerprint density at radius 2 is 1.52 bits per heavy atom. The van der Waals surface area contributed by atoms with Crippen molar-refractivity contribution in [2.24, 2.45) is 5.73 Å². The fourth-order valence-electron chi connectivity index (χ4n) is 2.14. The van der Waals surface area contributed by atoms with Crippen LogP contribution in [0.15, 0.2) is 30.3 Å². The quantitative estimate of drug-likeness (QED) is 0.328. The minimum Gasteiger partial charge on any atom is -0.377 e. The van der Waals surface area contributed by atoms with Gasteiger partial charge in [0.05, 0.1) is 46.2 Å². The van der Waals surface area contributed by atoms with Crippen LogP contribution in [0.2, 0.25) is 0 Å². The van der Waals surface area contributed by atoms with E-state index in [-0.39, 0.29) is 18.4 Å². The first-order chi connectivity index (χ1) is 13.2. The number of carbonyl (C=O) groups is 1. The molecule has 27 heavy (non-hydrogen) atoms. The summed E-state index contributed by atoms with van der Waals surface area (Å²) < 4.78 is 21.1. The molecule has 7 nitrogen and oxygen atoms in total. The summed E-state index contributed by atoms with van der Waals surface area (Å²) in [4.78, 5) is 11.8. The Kier molecular flexibility index (Phi) is 13.9. The van der Waals surface area contributed by atoms with Gasteiger partial charge in [0.1, 0.15) is 6.61 Å². The van der Waals surface area contributed by atoms with Crippen LogP contribution in [-0.2, 0) is 23.7 Å². The van der Waals surface area contributed by atoms with Crippen molar-refractivity contribution in [2.45, 2.75) is 12.5 Å². The number of benzene rings is 1. The highest BCUT2D eigenvalue weighted by Crippen LogP contribution is 2.12. The third-order valence-electron chi connectivity index (χ3n) is 3.50. The van der Waals surface area contributed by atoms with E-state index in [0.717, 1.165) is 5.56 Å². The molecule has 7 heteroatoms. The molecule has 0 radical (unpaired) electrons. The number of amides is 1. The molecule has 0 aromatic heterocycles. The second-order valence-corrected chi connectivity index (χ2v) is 5.67. The standard InChI is InChI=1S/C20H30N2O5/c1-2-9-24-11-13-26-15-16-27-14-12-25-10-8-22-20(23)17-19(21)18-6-4-3-5-7-18/h1,3-7,19H,8-17,21H2,(H,22,23)/t19-/m1/s1. The first-order valence-electron chi connectivity index (χ1n) is 9.05. The maximum Gasteiger partial charge on any atom is 0.221 e. The molecular weight excluding hydrogens is 348 g/mol. The van der Waals surface area contributed by atoms with Crippen molar-refractivity contribution in [3.8, 4) is 12.3 Å². The molecule has 0 saturated heterocycles. The van der Waals surface area contributed by atoms with Crippen molar-refractivity contribution in [1.29, 1.82) is 0 Å². The lowest BCUT2D eigenvalue weighted by Gasteiger charge is -2.12. The van der Waals surface area contributed by atoms with Crippen LogP contribution in [-0.4, -0.2) is 65.3 Å². The fraction of sp³-hybridized carbons (Fsp3) is 0.550. The van der Waals surface area contributed by atoms with Gasteiger partial charge in [-0.1, -0.05) is 36.3 Å². The average molecular weight is 378 g/mol. The summed E-state index contributed by atoms with van der Waals surface area (Å²) in [6.07, 6.45) is 5.30. The van der Waals surface area contributed by atoms with Crippen molar-refractivity contribution in [3.05, 3.63) is 35.9 Å². The molecule has 1 aromatic carbocycles. The van der Waals surface area contributed by atoms with E-state index in [9.17, 15) is 4.79 Å². The second kappa shape index (κ2) is 16.2. The maximum absolute atomic E-state index is 11.8. The molecule has 0 fully saturated rings. The Morgan fingerprint density at radius 3 is 2.11 bits per heavy atom. The van der Waals surface area contributed by atoms with Gasteiger partial charge in [-0.3, -0.25) is 4.79 Å². The van der Waals surface area contributed by atoms with Crippen molar-refractivity contribution in [3.63, 3.8) is 0 Å². The minimum atomic E-state index is -0.299.